The zero-order valence-corrected chi connectivity index (χ0v) is 17.1. The second-order valence-electron chi connectivity index (χ2n) is 6.71. The smallest absolute Gasteiger partial charge is 0.308 e. The van der Waals surface area contributed by atoms with Gasteiger partial charge in [0.1, 0.15) is 11.6 Å². The van der Waals surface area contributed by atoms with E-state index in [1.54, 1.807) is 24.3 Å². The predicted octanol–water partition coefficient (Wildman–Crippen LogP) is 6.58. The summed E-state index contributed by atoms with van der Waals surface area (Å²) in [7, 11) is 0. The van der Waals surface area contributed by atoms with Crippen molar-refractivity contribution in [1.29, 1.82) is 5.26 Å². The number of nitriles is 1. The third-order valence-corrected chi connectivity index (χ3v) is 4.87. The Hall–Kier alpha value is -4.14. The number of halogens is 1. The van der Waals surface area contributed by atoms with E-state index in [2.05, 4.69) is 21.7 Å². The highest BCUT2D eigenvalue weighted by molar-refractivity contribution is 6.30. The Bertz CT molecular complexity index is 1250. The van der Waals surface area contributed by atoms with Crippen LogP contribution in [0, 0.1) is 11.3 Å². The van der Waals surface area contributed by atoms with Gasteiger partial charge in [-0.25, -0.2) is 9.78 Å². The molecule has 150 valence electrons. The Morgan fingerprint density at radius 2 is 1.45 bits per heavy atom. The molecular formula is C25H17ClN4O. The van der Waals surface area contributed by atoms with Crippen molar-refractivity contribution >= 4 is 29.1 Å². The molecule has 0 saturated carbocycles. The van der Waals surface area contributed by atoms with E-state index >= 15 is 0 Å². The molecular weight excluding hydrogens is 408 g/mol. The molecule has 0 fully saturated rings. The first kappa shape index (κ1) is 20.1. The standard InChI is InChI=1S/C25H17ClN4O/c26-19-11-13-20(14-12-19)28-25(31)30-24-22(16-27)21(17-7-3-1-4-8-17)15-23(29-24)18-9-5-2-6-10-18/h1-15H,(H2,28,29,30,31). The van der Waals surface area contributed by atoms with Gasteiger partial charge in [0, 0.05) is 21.8 Å². The van der Waals surface area contributed by atoms with Crippen LogP contribution in [-0.2, 0) is 0 Å². The molecule has 2 N–H and O–H groups in total. The summed E-state index contributed by atoms with van der Waals surface area (Å²) in [5.41, 5.74) is 3.95. The summed E-state index contributed by atoms with van der Waals surface area (Å²) in [6, 6.07) is 29.5. The van der Waals surface area contributed by atoms with E-state index in [1.807, 2.05) is 66.7 Å². The van der Waals surface area contributed by atoms with Gasteiger partial charge in [-0.05, 0) is 35.9 Å². The lowest BCUT2D eigenvalue weighted by Gasteiger charge is -2.14. The molecule has 0 bridgehead atoms. The molecule has 3 aromatic carbocycles. The lowest BCUT2D eigenvalue weighted by atomic mass is 9.98. The highest BCUT2D eigenvalue weighted by atomic mass is 35.5. The van der Waals surface area contributed by atoms with E-state index < -0.39 is 6.03 Å². The molecule has 4 aromatic rings. The number of hydrogen-bond donors (Lipinski definition) is 2. The van der Waals surface area contributed by atoms with Crippen molar-refractivity contribution in [3.63, 3.8) is 0 Å². The Labute approximate surface area is 185 Å². The van der Waals surface area contributed by atoms with Crippen LogP contribution in [0.2, 0.25) is 5.02 Å². The zero-order chi connectivity index (χ0) is 21.6. The number of nitrogens with one attached hydrogen (secondary N) is 2. The van der Waals surface area contributed by atoms with Gasteiger partial charge in [0.25, 0.3) is 0 Å². The average Bonchev–Trinajstić information content (AvgIpc) is 2.81. The minimum absolute atomic E-state index is 0.189. The van der Waals surface area contributed by atoms with Crippen molar-refractivity contribution in [2.75, 3.05) is 10.6 Å². The maximum absolute atomic E-state index is 12.6. The third kappa shape index (κ3) is 4.72. The highest BCUT2D eigenvalue weighted by Crippen LogP contribution is 2.32. The second-order valence-corrected chi connectivity index (χ2v) is 7.14. The lowest BCUT2D eigenvalue weighted by molar-refractivity contribution is 0.262. The zero-order valence-electron chi connectivity index (χ0n) is 16.3. The van der Waals surface area contributed by atoms with Crippen LogP contribution in [0.4, 0.5) is 16.3 Å². The quantitative estimate of drug-likeness (QED) is 0.388. The van der Waals surface area contributed by atoms with Gasteiger partial charge in [0.15, 0.2) is 5.82 Å². The molecule has 2 amide bonds. The van der Waals surface area contributed by atoms with Gasteiger partial charge in [0.05, 0.1) is 5.69 Å². The number of pyridine rings is 1. The lowest BCUT2D eigenvalue weighted by Crippen LogP contribution is -2.21. The fraction of sp³-hybridized carbons (Fsp3) is 0. The van der Waals surface area contributed by atoms with E-state index in [0.29, 0.717) is 22.0 Å². The number of anilines is 2. The Morgan fingerprint density at radius 3 is 2.06 bits per heavy atom. The number of carbonyl (C=O) groups is 1. The highest BCUT2D eigenvalue weighted by Gasteiger charge is 2.17. The number of rotatable bonds is 4. The van der Waals surface area contributed by atoms with Gasteiger partial charge in [-0.1, -0.05) is 72.3 Å². The van der Waals surface area contributed by atoms with Crippen LogP contribution >= 0.6 is 11.6 Å². The molecule has 0 spiro atoms. The van der Waals surface area contributed by atoms with Crippen LogP contribution in [0.25, 0.3) is 22.4 Å². The van der Waals surface area contributed by atoms with Gasteiger partial charge < -0.3 is 5.32 Å². The normalized spacial score (nSPS) is 10.2. The molecule has 0 saturated heterocycles. The Morgan fingerprint density at radius 1 is 0.839 bits per heavy atom. The fourth-order valence-electron chi connectivity index (χ4n) is 3.15. The average molecular weight is 425 g/mol. The van der Waals surface area contributed by atoms with Crippen molar-refractivity contribution in [1.82, 2.24) is 4.98 Å². The number of aromatic nitrogens is 1. The number of amides is 2. The van der Waals surface area contributed by atoms with Gasteiger partial charge in [-0.3, -0.25) is 5.32 Å². The summed E-state index contributed by atoms with van der Waals surface area (Å²) < 4.78 is 0. The summed E-state index contributed by atoms with van der Waals surface area (Å²) in [5.74, 6) is 0.189. The van der Waals surface area contributed by atoms with Gasteiger partial charge in [0.2, 0.25) is 0 Å². The van der Waals surface area contributed by atoms with Crippen molar-refractivity contribution < 1.29 is 4.79 Å². The topological polar surface area (TPSA) is 77.8 Å². The molecule has 6 heteroatoms. The molecule has 5 nitrogen and oxygen atoms in total. The molecule has 0 aliphatic rings. The first-order chi connectivity index (χ1) is 15.1. The van der Waals surface area contributed by atoms with Crippen LogP contribution in [0.5, 0.6) is 0 Å². The molecule has 1 aromatic heterocycles. The van der Waals surface area contributed by atoms with Crippen LogP contribution in [0.1, 0.15) is 5.56 Å². The molecule has 0 atom stereocenters. The molecule has 0 radical (unpaired) electrons. The number of urea groups is 1. The van der Waals surface area contributed by atoms with E-state index in [0.717, 1.165) is 11.1 Å². The van der Waals surface area contributed by atoms with Crippen molar-refractivity contribution in [2.24, 2.45) is 0 Å². The number of benzene rings is 3. The summed E-state index contributed by atoms with van der Waals surface area (Å²) in [6.07, 6.45) is 0. The van der Waals surface area contributed by atoms with Crippen LogP contribution in [0.15, 0.2) is 91.0 Å². The van der Waals surface area contributed by atoms with Crippen LogP contribution in [0.3, 0.4) is 0 Å². The molecule has 0 aliphatic carbocycles. The molecule has 0 aliphatic heterocycles. The summed E-state index contributed by atoms with van der Waals surface area (Å²) >= 11 is 5.89. The second kappa shape index (κ2) is 9.12. The maximum Gasteiger partial charge on any atom is 0.324 e. The third-order valence-electron chi connectivity index (χ3n) is 4.62. The number of carbonyl (C=O) groups excluding carboxylic acids is 1. The van der Waals surface area contributed by atoms with Gasteiger partial charge >= 0.3 is 6.03 Å². The minimum Gasteiger partial charge on any atom is -0.308 e. The predicted molar refractivity (Wildman–Crippen MR) is 124 cm³/mol. The van der Waals surface area contributed by atoms with Crippen LogP contribution in [-0.4, -0.2) is 11.0 Å². The van der Waals surface area contributed by atoms with E-state index in [1.165, 1.54) is 0 Å². The molecule has 4 rings (SSSR count). The van der Waals surface area contributed by atoms with E-state index in [-0.39, 0.29) is 11.4 Å². The van der Waals surface area contributed by atoms with Gasteiger partial charge in [-0.2, -0.15) is 5.26 Å². The molecule has 31 heavy (non-hydrogen) atoms. The fourth-order valence-corrected chi connectivity index (χ4v) is 3.28. The number of nitrogens with zero attached hydrogens (tertiary/aromatic N) is 2. The van der Waals surface area contributed by atoms with Crippen LogP contribution < -0.4 is 10.6 Å². The SMILES string of the molecule is N#Cc1c(-c2ccccc2)cc(-c2ccccc2)nc1NC(=O)Nc1ccc(Cl)cc1. The first-order valence-corrected chi connectivity index (χ1v) is 9.91. The first-order valence-electron chi connectivity index (χ1n) is 9.53. The Kier molecular flexibility index (Phi) is 5.93. The Balaban J connectivity index is 1.75. The monoisotopic (exact) mass is 424 g/mol. The summed E-state index contributed by atoms with van der Waals surface area (Å²) in [5, 5.41) is 15.9. The summed E-state index contributed by atoms with van der Waals surface area (Å²) in [6.45, 7) is 0. The minimum atomic E-state index is -0.504. The van der Waals surface area contributed by atoms with Crippen molar-refractivity contribution in [2.45, 2.75) is 0 Å². The molecule has 1 heterocycles. The van der Waals surface area contributed by atoms with Crippen molar-refractivity contribution in [3.05, 3.63) is 102 Å². The maximum atomic E-state index is 12.6. The van der Waals surface area contributed by atoms with Gasteiger partial charge in [-0.15, -0.1) is 0 Å². The number of hydrogen-bond acceptors (Lipinski definition) is 3. The largest absolute Gasteiger partial charge is 0.324 e. The molecule has 0 unspecified atom stereocenters. The van der Waals surface area contributed by atoms with E-state index in [9.17, 15) is 10.1 Å². The van der Waals surface area contributed by atoms with Crippen molar-refractivity contribution in [3.8, 4) is 28.5 Å². The van der Waals surface area contributed by atoms with E-state index in [4.69, 9.17) is 11.6 Å². The summed E-state index contributed by atoms with van der Waals surface area (Å²) in [4.78, 5) is 17.2.